The first kappa shape index (κ1) is 16.3. The Morgan fingerprint density at radius 1 is 1.17 bits per heavy atom. The van der Waals surface area contributed by atoms with E-state index in [9.17, 15) is 9.59 Å². The van der Waals surface area contributed by atoms with Gasteiger partial charge < -0.3 is 14.8 Å². The molecule has 0 aliphatic heterocycles. The van der Waals surface area contributed by atoms with E-state index in [1.165, 1.54) is 13.3 Å². The molecule has 0 bridgehead atoms. The van der Waals surface area contributed by atoms with Gasteiger partial charge in [-0.1, -0.05) is 12.1 Å². The largest absolute Gasteiger partial charge is 0.462 e. The second kappa shape index (κ2) is 7.79. The minimum Gasteiger partial charge on any atom is -0.462 e. The van der Waals surface area contributed by atoms with Crippen molar-refractivity contribution in [1.29, 1.82) is 0 Å². The number of methoxy groups -OCH3 is 1. The third-order valence-electron chi connectivity index (χ3n) is 2.88. The van der Waals surface area contributed by atoms with Gasteiger partial charge in [-0.15, -0.1) is 0 Å². The van der Waals surface area contributed by atoms with Crippen molar-refractivity contribution in [2.24, 2.45) is 0 Å². The quantitative estimate of drug-likeness (QED) is 0.824. The zero-order valence-electron chi connectivity index (χ0n) is 12.8. The van der Waals surface area contributed by atoms with Crippen molar-refractivity contribution >= 4 is 29.3 Å². The van der Waals surface area contributed by atoms with Gasteiger partial charge in [-0.05, 0) is 31.2 Å². The summed E-state index contributed by atoms with van der Waals surface area (Å²) in [5.41, 5.74) is 1.71. The highest BCUT2D eigenvalue weighted by molar-refractivity contribution is 5.96. The zero-order chi connectivity index (χ0) is 16.7. The highest BCUT2D eigenvalue weighted by atomic mass is 16.5. The maximum Gasteiger partial charge on any atom is 0.412 e. The van der Waals surface area contributed by atoms with Crippen LogP contribution < -0.4 is 10.6 Å². The summed E-state index contributed by atoms with van der Waals surface area (Å²) < 4.78 is 9.51. The fourth-order valence-corrected chi connectivity index (χ4v) is 1.83. The smallest absolute Gasteiger partial charge is 0.412 e. The summed E-state index contributed by atoms with van der Waals surface area (Å²) in [5.74, 6) is -0.0337. The minimum atomic E-state index is -0.592. The van der Waals surface area contributed by atoms with E-state index in [-0.39, 0.29) is 0 Å². The van der Waals surface area contributed by atoms with Gasteiger partial charge >= 0.3 is 12.1 Å². The van der Waals surface area contributed by atoms with Gasteiger partial charge in [-0.25, -0.2) is 14.6 Å². The molecule has 0 aliphatic rings. The topological polar surface area (TPSA) is 89.6 Å². The van der Waals surface area contributed by atoms with E-state index < -0.39 is 12.1 Å². The molecule has 2 rings (SSSR count). The highest BCUT2D eigenvalue weighted by Crippen LogP contribution is 2.22. The number of amides is 1. The summed E-state index contributed by atoms with van der Waals surface area (Å²) in [7, 11) is 1.28. The van der Waals surface area contributed by atoms with Crippen LogP contribution in [0.1, 0.15) is 17.3 Å². The lowest BCUT2D eigenvalue weighted by atomic mass is 10.1. The number of pyridine rings is 1. The number of hydrogen-bond acceptors (Lipinski definition) is 6. The number of aromatic nitrogens is 1. The number of ether oxygens (including phenoxy) is 2. The summed E-state index contributed by atoms with van der Waals surface area (Å²) in [6.07, 6.45) is 0.943. The van der Waals surface area contributed by atoms with Crippen LogP contribution in [-0.2, 0) is 9.47 Å². The van der Waals surface area contributed by atoms with Gasteiger partial charge in [-0.2, -0.15) is 0 Å². The predicted molar refractivity (Wildman–Crippen MR) is 85.9 cm³/mol. The van der Waals surface area contributed by atoms with Gasteiger partial charge in [0.25, 0.3) is 0 Å². The number of nitrogens with zero attached hydrogens (tertiary/aromatic N) is 1. The van der Waals surface area contributed by atoms with E-state index in [4.69, 9.17) is 4.74 Å². The van der Waals surface area contributed by atoms with Crippen molar-refractivity contribution in [2.75, 3.05) is 24.4 Å². The fourth-order valence-electron chi connectivity index (χ4n) is 1.83. The summed E-state index contributed by atoms with van der Waals surface area (Å²) in [4.78, 5) is 27.1. The number of esters is 1. The number of rotatable bonds is 5. The molecule has 0 atom stereocenters. The van der Waals surface area contributed by atoms with Crippen molar-refractivity contribution in [3.05, 3.63) is 48.2 Å². The normalized spacial score (nSPS) is 9.83. The van der Waals surface area contributed by atoms with Crippen LogP contribution in [0, 0.1) is 0 Å². The molecule has 0 spiro atoms. The number of hydrogen-bond donors (Lipinski definition) is 2. The standard InChI is InChI=1S/C16H17N3O4/c1-3-23-15(20)12-6-4-5-7-13(12)18-11-8-9-14(17-10-11)19-16(21)22-2/h4-10,18H,3H2,1-2H3,(H,17,19,21). The molecule has 2 N–H and O–H groups in total. The van der Waals surface area contributed by atoms with Crippen LogP contribution in [0.3, 0.4) is 0 Å². The Morgan fingerprint density at radius 2 is 1.96 bits per heavy atom. The van der Waals surface area contributed by atoms with Gasteiger partial charge in [0.15, 0.2) is 0 Å². The maximum atomic E-state index is 11.9. The number of carbonyl (C=O) groups is 2. The molecule has 1 aromatic heterocycles. The fraction of sp³-hybridized carbons (Fsp3) is 0.188. The van der Waals surface area contributed by atoms with Gasteiger partial charge in [0.1, 0.15) is 5.82 Å². The van der Waals surface area contributed by atoms with Crippen LogP contribution in [0.25, 0.3) is 0 Å². The molecular formula is C16H17N3O4. The molecule has 0 saturated heterocycles. The summed E-state index contributed by atoms with van der Waals surface area (Å²) >= 11 is 0. The van der Waals surface area contributed by atoms with Gasteiger partial charge in [0, 0.05) is 0 Å². The average molecular weight is 315 g/mol. The number of benzene rings is 1. The molecule has 1 heterocycles. The second-order valence-electron chi connectivity index (χ2n) is 4.44. The third-order valence-corrected chi connectivity index (χ3v) is 2.88. The van der Waals surface area contributed by atoms with Crippen molar-refractivity contribution in [1.82, 2.24) is 4.98 Å². The Kier molecular flexibility index (Phi) is 5.51. The minimum absolute atomic E-state index is 0.308. The molecule has 7 heteroatoms. The lowest BCUT2D eigenvalue weighted by Gasteiger charge is -2.11. The SMILES string of the molecule is CCOC(=O)c1ccccc1Nc1ccc(NC(=O)OC)nc1. The summed E-state index contributed by atoms with van der Waals surface area (Å²) in [6.45, 7) is 2.06. The Hall–Kier alpha value is -3.09. The first-order chi connectivity index (χ1) is 11.1. The van der Waals surface area contributed by atoms with Crippen molar-refractivity contribution < 1.29 is 19.1 Å². The van der Waals surface area contributed by atoms with Crippen molar-refractivity contribution in [2.45, 2.75) is 6.92 Å². The van der Waals surface area contributed by atoms with Gasteiger partial charge in [0.05, 0.1) is 36.9 Å². The van der Waals surface area contributed by atoms with Crippen LogP contribution >= 0.6 is 0 Å². The van der Waals surface area contributed by atoms with E-state index in [1.54, 1.807) is 37.3 Å². The Morgan fingerprint density at radius 3 is 2.61 bits per heavy atom. The van der Waals surface area contributed by atoms with E-state index in [0.717, 1.165) is 0 Å². The lowest BCUT2D eigenvalue weighted by molar-refractivity contribution is 0.0527. The molecule has 0 radical (unpaired) electrons. The first-order valence-electron chi connectivity index (χ1n) is 6.98. The van der Waals surface area contributed by atoms with Crippen molar-refractivity contribution in [3.8, 4) is 0 Å². The predicted octanol–water partition coefficient (Wildman–Crippen LogP) is 3.18. The first-order valence-corrected chi connectivity index (χ1v) is 6.98. The number of nitrogens with one attached hydrogen (secondary N) is 2. The van der Waals surface area contributed by atoms with Crippen LogP contribution in [0.5, 0.6) is 0 Å². The third kappa shape index (κ3) is 4.44. The van der Waals surface area contributed by atoms with Gasteiger partial charge in [-0.3, -0.25) is 5.32 Å². The number of anilines is 3. The Balaban J connectivity index is 2.13. The molecule has 0 aliphatic carbocycles. The van der Waals surface area contributed by atoms with Crippen LogP contribution in [0.2, 0.25) is 0 Å². The molecule has 0 saturated carbocycles. The molecule has 120 valence electrons. The second-order valence-corrected chi connectivity index (χ2v) is 4.44. The zero-order valence-corrected chi connectivity index (χ0v) is 12.8. The maximum absolute atomic E-state index is 11.9. The molecule has 1 aromatic carbocycles. The molecular weight excluding hydrogens is 298 g/mol. The van der Waals surface area contributed by atoms with Crippen LogP contribution in [0.4, 0.5) is 22.0 Å². The number of para-hydroxylation sites is 1. The summed E-state index contributed by atoms with van der Waals surface area (Å²) in [6, 6.07) is 10.4. The Bertz CT molecular complexity index is 686. The van der Waals surface area contributed by atoms with Crippen LogP contribution in [-0.4, -0.2) is 30.8 Å². The molecule has 0 unspecified atom stereocenters. The molecule has 23 heavy (non-hydrogen) atoms. The molecule has 7 nitrogen and oxygen atoms in total. The van der Waals surface area contributed by atoms with Gasteiger partial charge in [0.2, 0.25) is 0 Å². The molecule has 0 fully saturated rings. The highest BCUT2D eigenvalue weighted by Gasteiger charge is 2.12. The van der Waals surface area contributed by atoms with E-state index in [2.05, 4.69) is 20.4 Å². The molecule has 1 amide bonds. The monoisotopic (exact) mass is 315 g/mol. The van der Waals surface area contributed by atoms with E-state index in [1.807, 2.05) is 6.07 Å². The van der Waals surface area contributed by atoms with Crippen LogP contribution in [0.15, 0.2) is 42.6 Å². The van der Waals surface area contributed by atoms with Crippen molar-refractivity contribution in [3.63, 3.8) is 0 Å². The van der Waals surface area contributed by atoms with E-state index in [0.29, 0.717) is 29.4 Å². The lowest BCUT2D eigenvalue weighted by Crippen LogP contribution is -2.12. The Labute approximate surface area is 133 Å². The summed E-state index contributed by atoms with van der Waals surface area (Å²) in [5, 5.41) is 5.55. The molecule has 2 aromatic rings. The van der Waals surface area contributed by atoms with E-state index >= 15 is 0 Å². The average Bonchev–Trinajstić information content (AvgIpc) is 2.57. The number of carbonyl (C=O) groups excluding carboxylic acids is 2.